The molecule has 1 aliphatic heterocycles. The minimum absolute atomic E-state index is 0.119. The minimum atomic E-state index is -0.483. The predicted octanol–water partition coefficient (Wildman–Crippen LogP) is 1.49. The van der Waals surface area contributed by atoms with Crippen molar-refractivity contribution in [2.75, 3.05) is 0 Å². The van der Waals surface area contributed by atoms with E-state index in [1.54, 1.807) is 0 Å². The summed E-state index contributed by atoms with van der Waals surface area (Å²) in [5.41, 5.74) is 0.726. The summed E-state index contributed by atoms with van der Waals surface area (Å²) in [6, 6.07) is 0. The molecule has 0 aromatic carbocycles. The van der Waals surface area contributed by atoms with Crippen LogP contribution in [0.2, 0.25) is 0 Å². The lowest BCUT2D eigenvalue weighted by Crippen LogP contribution is -2.43. The summed E-state index contributed by atoms with van der Waals surface area (Å²) in [5.74, 6) is 0. The number of hydrogen-bond donors (Lipinski definition) is 1. The highest BCUT2D eigenvalue weighted by Crippen LogP contribution is 2.30. The van der Waals surface area contributed by atoms with Crippen LogP contribution in [0.4, 0.5) is 0 Å². The van der Waals surface area contributed by atoms with E-state index >= 15 is 0 Å². The maximum absolute atomic E-state index is 9.45. The zero-order valence-corrected chi connectivity index (χ0v) is 7.42. The van der Waals surface area contributed by atoms with Gasteiger partial charge in [-0.15, -0.1) is 0 Å². The summed E-state index contributed by atoms with van der Waals surface area (Å²) in [5, 5.41) is 9.45. The smallest absolute Gasteiger partial charge is 0.101 e. The molecule has 64 valence electrons. The van der Waals surface area contributed by atoms with Gasteiger partial charge in [0.05, 0.1) is 11.7 Å². The predicted molar refractivity (Wildman–Crippen MR) is 44.4 cm³/mol. The molecule has 1 heterocycles. The molecule has 2 heteroatoms. The lowest BCUT2D eigenvalue weighted by Gasteiger charge is -2.38. The summed E-state index contributed by atoms with van der Waals surface area (Å²) < 4.78 is 5.55. The van der Waals surface area contributed by atoms with Gasteiger partial charge in [0.25, 0.3) is 0 Å². The molecule has 1 saturated heterocycles. The van der Waals surface area contributed by atoms with Crippen LogP contribution in [0.3, 0.4) is 0 Å². The van der Waals surface area contributed by atoms with E-state index in [9.17, 15) is 5.11 Å². The summed E-state index contributed by atoms with van der Waals surface area (Å²) >= 11 is 0. The Balaban J connectivity index is 2.70. The van der Waals surface area contributed by atoms with Crippen LogP contribution in [0.1, 0.15) is 27.2 Å². The summed E-state index contributed by atoms with van der Waals surface area (Å²) in [7, 11) is 0. The van der Waals surface area contributed by atoms with E-state index < -0.39 is 6.10 Å². The second kappa shape index (κ2) is 2.61. The highest BCUT2D eigenvalue weighted by molar-refractivity contribution is 5.11. The number of rotatable bonds is 0. The first-order valence-electron chi connectivity index (χ1n) is 3.96. The molecule has 1 rings (SSSR count). The number of aliphatic hydroxyl groups excluding tert-OH is 1. The van der Waals surface area contributed by atoms with Gasteiger partial charge in [-0.3, -0.25) is 0 Å². The van der Waals surface area contributed by atoms with Crippen LogP contribution >= 0.6 is 0 Å². The van der Waals surface area contributed by atoms with Crippen molar-refractivity contribution in [1.29, 1.82) is 0 Å². The molecule has 1 aliphatic rings. The molecular weight excluding hydrogens is 140 g/mol. The molecule has 0 radical (unpaired) electrons. The van der Waals surface area contributed by atoms with Crippen LogP contribution < -0.4 is 0 Å². The molecule has 1 N–H and O–H groups in total. The topological polar surface area (TPSA) is 29.5 Å². The van der Waals surface area contributed by atoms with E-state index in [-0.39, 0.29) is 11.7 Å². The van der Waals surface area contributed by atoms with Crippen molar-refractivity contribution >= 4 is 0 Å². The zero-order valence-electron chi connectivity index (χ0n) is 7.42. The average Bonchev–Trinajstić information content (AvgIpc) is 1.81. The van der Waals surface area contributed by atoms with E-state index in [1.807, 2.05) is 20.8 Å². The third kappa shape index (κ3) is 1.82. The molecule has 0 saturated carbocycles. The second-order valence-corrected chi connectivity index (χ2v) is 3.86. The Kier molecular flexibility index (Phi) is 2.08. The average molecular weight is 156 g/mol. The molecule has 11 heavy (non-hydrogen) atoms. The molecule has 2 nitrogen and oxygen atoms in total. The Labute approximate surface area is 67.9 Å². The SMILES string of the molecule is C=C1CC(C)(C)OC(C)[C@H]1O. The standard InChI is InChI=1S/C9H16O2/c1-6-5-9(3,4)11-7(2)8(6)10/h7-8,10H,1,5H2,2-4H3/t7?,8-/m0/s1. The summed E-state index contributed by atoms with van der Waals surface area (Å²) in [6.45, 7) is 9.71. The van der Waals surface area contributed by atoms with Gasteiger partial charge in [0.1, 0.15) is 6.10 Å². The van der Waals surface area contributed by atoms with Gasteiger partial charge < -0.3 is 9.84 Å². The molecule has 0 aromatic rings. The largest absolute Gasteiger partial charge is 0.386 e. The number of ether oxygens (including phenoxy) is 1. The minimum Gasteiger partial charge on any atom is -0.386 e. The van der Waals surface area contributed by atoms with Crippen molar-refractivity contribution < 1.29 is 9.84 Å². The van der Waals surface area contributed by atoms with Crippen molar-refractivity contribution in [1.82, 2.24) is 0 Å². The van der Waals surface area contributed by atoms with E-state index in [4.69, 9.17) is 4.74 Å². The van der Waals surface area contributed by atoms with Crippen LogP contribution in [0.25, 0.3) is 0 Å². The van der Waals surface area contributed by atoms with E-state index in [0.717, 1.165) is 12.0 Å². The molecular formula is C9H16O2. The summed E-state index contributed by atoms with van der Waals surface area (Å²) in [6.07, 6.45) is 0.146. The molecule has 2 atom stereocenters. The third-order valence-electron chi connectivity index (χ3n) is 2.02. The van der Waals surface area contributed by atoms with E-state index in [0.29, 0.717) is 0 Å². The molecule has 1 fully saturated rings. The van der Waals surface area contributed by atoms with Gasteiger partial charge in [-0.25, -0.2) is 0 Å². The lowest BCUT2D eigenvalue weighted by atomic mass is 9.90. The Morgan fingerprint density at radius 3 is 2.64 bits per heavy atom. The number of aliphatic hydroxyl groups is 1. The van der Waals surface area contributed by atoms with Gasteiger partial charge in [-0.1, -0.05) is 6.58 Å². The zero-order chi connectivity index (χ0) is 8.65. The first-order valence-corrected chi connectivity index (χ1v) is 3.96. The van der Waals surface area contributed by atoms with Crippen LogP contribution in [0.15, 0.2) is 12.2 Å². The van der Waals surface area contributed by atoms with Crippen molar-refractivity contribution in [3.05, 3.63) is 12.2 Å². The first-order chi connectivity index (χ1) is 4.92. The monoisotopic (exact) mass is 156 g/mol. The van der Waals surface area contributed by atoms with Crippen molar-refractivity contribution in [3.8, 4) is 0 Å². The Morgan fingerprint density at radius 1 is 1.64 bits per heavy atom. The lowest BCUT2D eigenvalue weighted by molar-refractivity contribution is -0.126. The van der Waals surface area contributed by atoms with Gasteiger partial charge in [0.15, 0.2) is 0 Å². The fraction of sp³-hybridized carbons (Fsp3) is 0.778. The normalized spacial score (nSPS) is 37.3. The molecule has 0 aliphatic carbocycles. The molecule has 1 unspecified atom stereocenters. The van der Waals surface area contributed by atoms with Crippen molar-refractivity contribution in [2.45, 2.75) is 45.0 Å². The molecule has 0 spiro atoms. The van der Waals surface area contributed by atoms with Crippen LogP contribution in [-0.2, 0) is 4.74 Å². The fourth-order valence-electron chi connectivity index (χ4n) is 1.59. The Hall–Kier alpha value is -0.340. The fourth-order valence-corrected chi connectivity index (χ4v) is 1.59. The van der Waals surface area contributed by atoms with Crippen LogP contribution in [0.5, 0.6) is 0 Å². The molecule has 0 aromatic heterocycles. The quantitative estimate of drug-likeness (QED) is 0.538. The Morgan fingerprint density at radius 2 is 2.18 bits per heavy atom. The number of hydrogen-bond acceptors (Lipinski definition) is 2. The second-order valence-electron chi connectivity index (χ2n) is 3.86. The van der Waals surface area contributed by atoms with Crippen LogP contribution in [-0.4, -0.2) is 22.9 Å². The summed E-state index contributed by atoms with van der Waals surface area (Å²) in [4.78, 5) is 0. The van der Waals surface area contributed by atoms with Gasteiger partial charge in [0.2, 0.25) is 0 Å². The van der Waals surface area contributed by atoms with Crippen molar-refractivity contribution in [3.63, 3.8) is 0 Å². The molecule has 0 amide bonds. The van der Waals surface area contributed by atoms with Gasteiger partial charge >= 0.3 is 0 Å². The third-order valence-corrected chi connectivity index (χ3v) is 2.02. The highest BCUT2D eigenvalue weighted by Gasteiger charge is 2.34. The van der Waals surface area contributed by atoms with Crippen LogP contribution in [0, 0.1) is 0 Å². The van der Waals surface area contributed by atoms with Gasteiger partial charge in [-0.05, 0) is 32.8 Å². The van der Waals surface area contributed by atoms with Crippen molar-refractivity contribution in [2.24, 2.45) is 0 Å². The first kappa shape index (κ1) is 8.75. The maximum Gasteiger partial charge on any atom is 0.101 e. The van der Waals surface area contributed by atoms with E-state index in [2.05, 4.69) is 6.58 Å². The maximum atomic E-state index is 9.45. The van der Waals surface area contributed by atoms with Gasteiger partial charge in [0, 0.05) is 0 Å². The molecule has 0 bridgehead atoms. The van der Waals surface area contributed by atoms with Gasteiger partial charge in [-0.2, -0.15) is 0 Å². The Bertz CT molecular complexity index is 172. The van der Waals surface area contributed by atoms with E-state index in [1.165, 1.54) is 0 Å². The highest BCUT2D eigenvalue weighted by atomic mass is 16.5.